The predicted molar refractivity (Wildman–Crippen MR) is 98.3 cm³/mol. The molecule has 27 heavy (non-hydrogen) atoms. The maximum Gasteiger partial charge on any atom is 0.320 e. The van der Waals surface area contributed by atoms with Crippen LogP contribution >= 0.6 is 0 Å². The van der Waals surface area contributed by atoms with Gasteiger partial charge in [0.2, 0.25) is 6.41 Å². The van der Waals surface area contributed by atoms with Crippen LogP contribution in [0.3, 0.4) is 0 Å². The summed E-state index contributed by atoms with van der Waals surface area (Å²) in [5.74, 6) is -1.60. The highest BCUT2D eigenvalue weighted by Gasteiger charge is 2.39. The zero-order valence-corrected chi connectivity index (χ0v) is 14.9. The number of aliphatic carboxylic acids is 1. The molecule has 7 nitrogen and oxygen atoms in total. The third-order valence-electron chi connectivity index (χ3n) is 4.45. The number of carbonyl (C=O) groups is 3. The molecule has 142 valence electrons. The van der Waals surface area contributed by atoms with Gasteiger partial charge in [0.1, 0.15) is 11.6 Å². The molecule has 2 aromatic carbocycles. The van der Waals surface area contributed by atoms with Gasteiger partial charge in [-0.05, 0) is 30.5 Å². The van der Waals surface area contributed by atoms with Gasteiger partial charge in [-0.15, -0.1) is 0 Å². The summed E-state index contributed by atoms with van der Waals surface area (Å²) in [6.45, 7) is 1.48. The topological polar surface area (TPSA) is 121 Å². The molecule has 0 saturated carbocycles. The lowest BCUT2D eigenvalue weighted by atomic mass is 9.84. The zero-order valence-electron chi connectivity index (χ0n) is 14.9. The molecule has 0 fully saturated rings. The highest BCUT2D eigenvalue weighted by atomic mass is 16.5. The first-order chi connectivity index (χ1) is 12.8. The van der Waals surface area contributed by atoms with Crippen molar-refractivity contribution in [3.8, 4) is 0 Å². The maximum atomic E-state index is 13.1. The lowest BCUT2D eigenvalue weighted by Gasteiger charge is -2.33. The van der Waals surface area contributed by atoms with Crippen molar-refractivity contribution in [1.82, 2.24) is 5.06 Å². The first-order valence-electron chi connectivity index (χ1n) is 8.37. The van der Waals surface area contributed by atoms with E-state index in [0.29, 0.717) is 10.6 Å². The molecule has 0 aromatic heterocycles. The van der Waals surface area contributed by atoms with Crippen molar-refractivity contribution in [3.63, 3.8) is 0 Å². The fraction of sp³-hybridized carbons (Fsp3) is 0.250. The number of ketones is 1. The Hall–Kier alpha value is -3.03. The van der Waals surface area contributed by atoms with Crippen molar-refractivity contribution in [2.24, 2.45) is 5.73 Å². The summed E-state index contributed by atoms with van der Waals surface area (Å²) in [6, 6.07) is 14.3. The van der Waals surface area contributed by atoms with Crippen molar-refractivity contribution in [2.75, 3.05) is 0 Å². The lowest BCUT2D eigenvalue weighted by molar-refractivity contribution is -0.169. The molecular formula is C20H22N2O5. The van der Waals surface area contributed by atoms with Gasteiger partial charge in [-0.1, -0.05) is 48.5 Å². The largest absolute Gasteiger partial charge is 0.480 e. The molecule has 4 N–H and O–H groups in total. The first-order valence-corrected chi connectivity index (χ1v) is 8.37. The number of Topliss-reactive ketones (excluding diaryl/α,β-unsaturated/α-hetero) is 1. The number of nitrogens with zero attached hydrogens (tertiary/aromatic N) is 1. The van der Waals surface area contributed by atoms with Crippen LogP contribution < -0.4 is 5.73 Å². The number of nitrogens with two attached hydrogens (primary N) is 1. The van der Waals surface area contributed by atoms with E-state index in [1.807, 2.05) is 6.07 Å². The predicted octanol–water partition coefficient (Wildman–Crippen LogP) is 1.67. The number of amides is 1. The minimum Gasteiger partial charge on any atom is -0.480 e. The Labute approximate surface area is 157 Å². The van der Waals surface area contributed by atoms with Gasteiger partial charge in [0, 0.05) is 12.0 Å². The van der Waals surface area contributed by atoms with Crippen LogP contribution in [0.15, 0.2) is 54.6 Å². The molecule has 2 aromatic rings. The minimum absolute atomic E-state index is 0.0579. The highest BCUT2D eigenvalue weighted by molar-refractivity contribution is 6.04. The number of hydrogen-bond donors (Lipinski definition) is 3. The molecule has 0 aliphatic heterocycles. The van der Waals surface area contributed by atoms with Crippen LogP contribution in [-0.4, -0.2) is 45.1 Å². The Balaban J connectivity index is 2.35. The van der Waals surface area contributed by atoms with Gasteiger partial charge in [0.15, 0.2) is 5.78 Å². The van der Waals surface area contributed by atoms with Crippen molar-refractivity contribution in [1.29, 1.82) is 0 Å². The summed E-state index contributed by atoms with van der Waals surface area (Å²) in [6.07, 6.45) is 0.369. The second kappa shape index (κ2) is 8.57. The van der Waals surface area contributed by atoms with E-state index in [2.05, 4.69) is 0 Å². The summed E-state index contributed by atoms with van der Waals surface area (Å²) in [5.41, 5.74) is 5.64. The smallest absolute Gasteiger partial charge is 0.320 e. The molecule has 0 radical (unpaired) electrons. The van der Waals surface area contributed by atoms with Crippen LogP contribution in [0.1, 0.15) is 28.4 Å². The maximum absolute atomic E-state index is 13.1. The quantitative estimate of drug-likeness (QED) is 0.267. The first kappa shape index (κ1) is 20.3. The van der Waals surface area contributed by atoms with E-state index in [0.717, 1.165) is 5.56 Å². The van der Waals surface area contributed by atoms with Crippen molar-refractivity contribution in [2.45, 2.75) is 31.3 Å². The van der Waals surface area contributed by atoms with Crippen LogP contribution in [0.4, 0.5) is 0 Å². The molecule has 2 rings (SSSR count). The lowest BCUT2D eigenvalue weighted by Crippen LogP contribution is -2.52. The number of hydrogen-bond acceptors (Lipinski definition) is 5. The highest BCUT2D eigenvalue weighted by Crippen LogP contribution is 2.24. The van der Waals surface area contributed by atoms with Gasteiger partial charge < -0.3 is 10.8 Å². The van der Waals surface area contributed by atoms with Crippen molar-refractivity contribution < 1.29 is 24.7 Å². The van der Waals surface area contributed by atoms with Crippen LogP contribution in [0.25, 0.3) is 0 Å². The Bertz CT molecular complexity index is 824. The van der Waals surface area contributed by atoms with E-state index in [4.69, 9.17) is 10.8 Å². The van der Waals surface area contributed by atoms with E-state index in [1.165, 1.54) is 13.0 Å². The van der Waals surface area contributed by atoms with Crippen LogP contribution in [0.5, 0.6) is 0 Å². The average molecular weight is 370 g/mol. The van der Waals surface area contributed by atoms with Gasteiger partial charge in [-0.2, -0.15) is 0 Å². The Morgan fingerprint density at radius 3 is 2.37 bits per heavy atom. The molecule has 0 aliphatic carbocycles. The molecule has 0 saturated heterocycles. The molecule has 2 atom stereocenters. The minimum atomic E-state index is -1.52. The number of benzene rings is 2. The van der Waals surface area contributed by atoms with E-state index in [9.17, 15) is 19.6 Å². The van der Waals surface area contributed by atoms with Gasteiger partial charge in [-0.3, -0.25) is 19.6 Å². The molecule has 0 aliphatic rings. The van der Waals surface area contributed by atoms with E-state index >= 15 is 0 Å². The fourth-order valence-electron chi connectivity index (χ4n) is 2.87. The normalized spacial score (nSPS) is 14.0. The number of hydroxylamine groups is 2. The Morgan fingerprint density at radius 1 is 1.15 bits per heavy atom. The third-order valence-corrected chi connectivity index (χ3v) is 4.45. The van der Waals surface area contributed by atoms with Gasteiger partial charge in [0.25, 0.3) is 0 Å². The van der Waals surface area contributed by atoms with E-state index in [-0.39, 0.29) is 24.8 Å². The summed E-state index contributed by atoms with van der Waals surface area (Å²) in [5, 5.41) is 19.4. The summed E-state index contributed by atoms with van der Waals surface area (Å²) >= 11 is 0. The zero-order chi connectivity index (χ0) is 20.0. The summed E-state index contributed by atoms with van der Waals surface area (Å²) in [4.78, 5) is 35.3. The van der Waals surface area contributed by atoms with E-state index < -0.39 is 23.3 Å². The monoisotopic (exact) mass is 370 g/mol. The number of rotatable bonds is 9. The number of carbonyl (C=O) groups excluding carboxylic acids is 2. The Kier molecular flexibility index (Phi) is 6.44. The number of carboxylic acids is 1. The summed E-state index contributed by atoms with van der Waals surface area (Å²) < 4.78 is 0. The standard InChI is InChI=1S/C20H22N2O5/c1-20(22(27)13-23,12-14-6-3-2-4-7-14)18(24)16-9-5-8-15(10-16)11-17(21)19(25)26/h2-10,13,17,27H,11-12,21H2,1H3,(H,25,26)/t17?,20-/m1/s1. The molecule has 0 spiro atoms. The van der Waals surface area contributed by atoms with Crippen LogP contribution in [0, 0.1) is 0 Å². The SMILES string of the molecule is C[C@@](Cc1ccccc1)(C(=O)c1cccc(CC(N)C(=O)O)c1)N(O)C=O. The van der Waals surface area contributed by atoms with Crippen molar-refractivity contribution >= 4 is 18.2 Å². The fourth-order valence-corrected chi connectivity index (χ4v) is 2.87. The van der Waals surface area contributed by atoms with E-state index in [1.54, 1.807) is 42.5 Å². The Morgan fingerprint density at radius 2 is 1.78 bits per heavy atom. The van der Waals surface area contributed by atoms with Crippen molar-refractivity contribution in [3.05, 3.63) is 71.3 Å². The molecule has 1 amide bonds. The molecule has 0 bridgehead atoms. The second-order valence-electron chi connectivity index (χ2n) is 6.56. The second-order valence-corrected chi connectivity index (χ2v) is 6.56. The molecule has 0 heterocycles. The molecule has 1 unspecified atom stereocenters. The molecular weight excluding hydrogens is 348 g/mol. The molecule has 7 heteroatoms. The average Bonchev–Trinajstić information content (AvgIpc) is 2.67. The van der Waals surface area contributed by atoms with Gasteiger partial charge in [0.05, 0.1) is 0 Å². The number of carboxylic acid groups (broad SMARTS) is 1. The van der Waals surface area contributed by atoms with Crippen LogP contribution in [-0.2, 0) is 22.4 Å². The van der Waals surface area contributed by atoms with Gasteiger partial charge in [-0.25, -0.2) is 5.06 Å². The summed E-state index contributed by atoms with van der Waals surface area (Å²) in [7, 11) is 0. The van der Waals surface area contributed by atoms with Gasteiger partial charge >= 0.3 is 5.97 Å². The third kappa shape index (κ3) is 4.78. The van der Waals surface area contributed by atoms with Crippen LogP contribution in [0.2, 0.25) is 0 Å².